The number of aliphatic hydroxyl groups is 1. The first-order valence-corrected chi connectivity index (χ1v) is 16.3. The minimum atomic E-state index is -0.523. The van der Waals surface area contributed by atoms with Gasteiger partial charge in [-0.3, -0.25) is 4.79 Å². The van der Waals surface area contributed by atoms with Crippen LogP contribution in [0.2, 0.25) is 0 Å². The number of unbranched alkanes of at least 4 members (excludes halogenated alkanes) is 20. The van der Waals surface area contributed by atoms with E-state index < -0.39 is 6.10 Å². The maximum absolute atomic E-state index is 11.7. The fourth-order valence-electron chi connectivity index (χ4n) is 4.62. The normalized spacial score (nSPS) is 12.4. The van der Waals surface area contributed by atoms with Crippen LogP contribution < -0.4 is 0 Å². The van der Waals surface area contributed by atoms with Crippen molar-refractivity contribution in [1.29, 1.82) is 0 Å². The van der Waals surface area contributed by atoms with Crippen LogP contribution in [0.25, 0.3) is 0 Å². The Kier molecular flexibility index (Phi) is 30.6. The second-order valence-corrected chi connectivity index (χ2v) is 10.9. The van der Waals surface area contributed by atoms with E-state index >= 15 is 0 Å². The van der Waals surface area contributed by atoms with E-state index in [-0.39, 0.29) is 12.6 Å². The quantitative estimate of drug-likeness (QED) is 0.0577. The molecule has 0 saturated heterocycles. The van der Waals surface area contributed by atoms with Gasteiger partial charge in [-0.05, 0) is 38.5 Å². The smallest absolute Gasteiger partial charge is 0.306 e. The minimum Gasteiger partial charge on any atom is -0.457 e. The molecule has 0 bridgehead atoms. The molecule has 0 heterocycles. The van der Waals surface area contributed by atoms with E-state index in [9.17, 15) is 9.90 Å². The lowest BCUT2D eigenvalue weighted by Crippen LogP contribution is -2.27. The highest BCUT2D eigenvalue weighted by atomic mass is 16.6. The molecule has 1 unspecified atom stereocenters. The lowest BCUT2D eigenvalue weighted by atomic mass is 10.1. The van der Waals surface area contributed by atoms with Crippen molar-refractivity contribution in [2.24, 2.45) is 0 Å². The van der Waals surface area contributed by atoms with Crippen molar-refractivity contribution in [2.45, 2.75) is 174 Å². The average molecular weight is 525 g/mol. The molecule has 0 fully saturated rings. The zero-order valence-electron chi connectivity index (χ0n) is 25.0. The van der Waals surface area contributed by atoms with Gasteiger partial charge in [0.2, 0.25) is 0 Å². The summed E-state index contributed by atoms with van der Waals surface area (Å²) in [5, 5.41) is 9.37. The molecule has 1 N–H and O–H groups in total. The van der Waals surface area contributed by atoms with Gasteiger partial charge in [0.15, 0.2) is 0 Å². The summed E-state index contributed by atoms with van der Waals surface area (Å²) >= 11 is 0. The van der Waals surface area contributed by atoms with Gasteiger partial charge >= 0.3 is 5.97 Å². The molecule has 4 heteroatoms. The van der Waals surface area contributed by atoms with E-state index in [0.29, 0.717) is 19.6 Å². The average Bonchev–Trinajstić information content (AvgIpc) is 2.90. The summed E-state index contributed by atoms with van der Waals surface area (Å²) in [4.78, 5) is 11.7. The van der Waals surface area contributed by atoms with Crippen molar-refractivity contribution in [3.8, 4) is 0 Å². The Morgan fingerprint density at radius 3 is 1.54 bits per heavy atom. The highest BCUT2D eigenvalue weighted by Crippen LogP contribution is 2.13. The number of ether oxygens (including phenoxy) is 2. The largest absolute Gasteiger partial charge is 0.457 e. The molecular formula is C33H64O4. The molecule has 0 spiro atoms. The van der Waals surface area contributed by atoms with Crippen LogP contribution in [0.1, 0.15) is 168 Å². The summed E-state index contributed by atoms with van der Waals surface area (Å²) in [7, 11) is 0. The fraction of sp³-hybridized carbons (Fsp3) is 0.909. The zero-order chi connectivity index (χ0) is 27.1. The highest BCUT2D eigenvalue weighted by molar-refractivity contribution is 5.69. The van der Waals surface area contributed by atoms with E-state index in [1.54, 1.807) is 0 Å². The minimum absolute atomic E-state index is 0.171. The summed E-state index contributed by atoms with van der Waals surface area (Å²) in [6.45, 7) is 5.20. The third-order valence-corrected chi connectivity index (χ3v) is 7.09. The predicted molar refractivity (Wildman–Crippen MR) is 159 cm³/mol. The summed E-state index contributed by atoms with van der Waals surface area (Å²) in [5.41, 5.74) is 0. The lowest BCUT2D eigenvalue weighted by Gasteiger charge is -2.15. The first kappa shape index (κ1) is 36.1. The van der Waals surface area contributed by atoms with Gasteiger partial charge in [0.1, 0.15) is 6.10 Å². The Morgan fingerprint density at radius 1 is 0.622 bits per heavy atom. The van der Waals surface area contributed by atoms with Crippen LogP contribution in [0.4, 0.5) is 0 Å². The van der Waals surface area contributed by atoms with Gasteiger partial charge in [-0.1, -0.05) is 135 Å². The summed E-state index contributed by atoms with van der Waals surface area (Å²) in [6, 6.07) is 0. The van der Waals surface area contributed by atoms with E-state index in [4.69, 9.17) is 9.47 Å². The second kappa shape index (κ2) is 31.3. The van der Waals surface area contributed by atoms with Crippen LogP contribution >= 0.6 is 0 Å². The maximum Gasteiger partial charge on any atom is 0.306 e. The highest BCUT2D eigenvalue weighted by Gasteiger charge is 2.13. The standard InChI is InChI=1S/C33H64O4/c1-3-5-7-8-9-10-11-12-13-14-15-16-17-18-19-20-21-22-23-24-25-27-29-36-31-32(30-34)37-33(35)28-26-6-4-2/h14-15,32,34H,3-13,16-31H2,1-2H3/b15-14-. The van der Waals surface area contributed by atoms with E-state index in [2.05, 4.69) is 26.0 Å². The summed E-state index contributed by atoms with van der Waals surface area (Å²) in [5.74, 6) is -0.225. The van der Waals surface area contributed by atoms with Crippen LogP contribution in [-0.4, -0.2) is 37.0 Å². The van der Waals surface area contributed by atoms with Crippen LogP contribution in [0.3, 0.4) is 0 Å². The number of hydrogen-bond donors (Lipinski definition) is 1. The van der Waals surface area contributed by atoms with Crippen molar-refractivity contribution in [1.82, 2.24) is 0 Å². The fourth-order valence-corrected chi connectivity index (χ4v) is 4.62. The van der Waals surface area contributed by atoms with Gasteiger partial charge in [-0.2, -0.15) is 0 Å². The molecule has 220 valence electrons. The van der Waals surface area contributed by atoms with Gasteiger partial charge in [-0.15, -0.1) is 0 Å². The monoisotopic (exact) mass is 524 g/mol. The molecule has 0 rings (SSSR count). The number of carbonyl (C=O) groups excluding carboxylic acids is 1. The molecule has 0 saturated carbocycles. The SMILES string of the molecule is CCCCCCCCCC/C=C\CCCCCCCCCCCCOCC(CO)OC(=O)CCCCC. The Hall–Kier alpha value is -0.870. The van der Waals surface area contributed by atoms with Gasteiger partial charge in [-0.25, -0.2) is 0 Å². The van der Waals surface area contributed by atoms with E-state index in [0.717, 1.165) is 25.7 Å². The van der Waals surface area contributed by atoms with Gasteiger partial charge in [0.05, 0.1) is 13.2 Å². The van der Waals surface area contributed by atoms with Crippen molar-refractivity contribution >= 4 is 5.97 Å². The molecule has 4 nitrogen and oxygen atoms in total. The van der Waals surface area contributed by atoms with Crippen LogP contribution in [-0.2, 0) is 14.3 Å². The maximum atomic E-state index is 11.7. The molecule has 0 aliphatic rings. The molecule has 0 aliphatic heterocycles. The second-order valence-electron chi connectivity index (χ2n) is 10.9. The number of esters is 1. The number of rotatable bonds is 30. The van der Waals surface area contributed by atoms with Gasteiger partial charge in [0.25, 0.3) is 0 Å². The molecule has 0 aromatic carbocycles. The molecule has 0 aromatic heterocycles. The summed E-state index contributed by atoms with van der Waals surface area (Å²) in [6.07, 6.45) is 34.5. The van der Waals surface area contributed by atoms with E-state index in [1.165, 1.54) is 122 Å². The van der Waals surface area contributed by atoms with Crippen molar-refractivity contribution in [2.75, 3.05) is 19.8 Å². The molecular weight excluding hydrogens is 460 g/mol. The molecule has 0 aliphatic carbocycles. The molecule has 0 aromatic rings. The third kappa shape index (κ3) is 29.5. The topological polar surface area (TPSA) is 55.8 Å². The molecule has 37 heavy (non-hydrogen) atoms. The number of aliphatic hydroxyl groups excluding tert-OH is 1. The first-order valence-electron chi connectivity index (χ1n) is 16.3. The van der Waals surface area contributed by atoms with Crippen molar-refractivity contribution < 1.29 is 19.4 Å². The molecule has 0 amide bonds. The van der Waals surface area contributed by atoms with E-state index in [1.807, 2.05) is 0 Å². The first-order chi connectivity index (χ1) is 18.2. The number of hydrogen-bond acceptors (Lipinski definition) is 4. The third-order valence-electron chi connectivity index (χ3n) is 7.09. The Bertz CT molecular complexity index is 477. The van der Waals surface area contributed by atoms with Crippen LogP contribution in [0, 0.1) is 0 Å². The number of carbonyl (C=O) groups is 1. The zero-order valence-corrected chi connectivity index (χ0v) is 25.0. The molecule has 0 radical (unpaired) electrons. The summed E-state index contributed by atoms with van der Waals surface area (Å²) < 4.78 is 10.9. The number of allylic oxidation sites excluding steroid dienone is 2. The lowest BCUT2D eigenvalue weighted by molar-refractivity contribution is -0.154. The Labute approximate surface area is 231 Å². The van der Waals surface area contributed by atoms with Crippen LogP contribution in [0.15, 0.2) is 12.2 Å². The van der Waals surface area contributed by atoms with Gasteiger partial charge < -0.3 is 14.6 Å². The Balaban J connectivity index is 3.28. The predicted octanol–water partition coefficient (Wildman–Crippen LogP) is 9.87. The van der Waals surface area contributed by atoms with Gasteiger partial charge in [0, 0.05) is 13.0 Å². The van der Waals surface area contributed by atoms with Crippen molar-refractivity contribution in [3.05, 3.63) is 12.2 Å². The Morgan fingerprint density at radius 2 is 1.05 bits per heavy atom. The molecule has 1 atom stereocenters. The van der Waals surface area contributed by atoms with Crippen LogP contribution in [0.5, 0.6) is 0 Å². The van der Waals surface area contributed by atoms with Crippen molar-refractivity contribution in [3.63, 3.8) is 0 Å².